The van der Waals surface area contributed by atoms with Crippen LogP contribution in [0, 0.1) is 6.92 Å². The summed E-state index contributed by atoms with van der Waals surface area (Å²) in [6, 6.07) is 17.7. The van der Waals surface area contributed by atoms with Gasteiger partial charge >= 0.3 is 0 Å². The number of para-hydroxylation sites is 1. The van der Waals surface area contributed by atoms with E-state index >= 15 is 0 Å². The number of methoxy groups -OCH3 is 1. The molecule has 1 heterocycles. The Bertz CT molecular complexity index is 879. The van der Waals surface area contributed by atoms with Gasteiger partial charge in [-0.25, -0.2) is 0 Å². The SMILES string of the molecule is COc1ccc(CCNC(=O)CSc2nnc(C)n2-c2ccccc2)cc1. The maximum absolute atomic E-state index is 12.2. The first-order valence-corrected chi connectivity index (χ1v) is 9.66. The fourth-order valence-electron chi connectivity index (χ4n) is 2.63. The Morgan fingerprint density at radius 1 is 1.11 bits per heavy atom. The van der Waals surface area contributed by atoms with Crippen molar-refractivity contribution >= 4 is 17.7 Å². The molecule has 0 unspecified atom stereocenters. The van der Waals surface area contributed by atoms with Crippen LogP contribution in [0.25, 0.3) is 5.69 Å². The zero-order valence-corrected chi connectivity index (χ0v) is 16.2. The molecule has 140 valence electrons. The third-order valence-electron chi connectivity index (χ3n) is 4.04. The molecule has 0 bridgehead atoms. The van der Waals surface area contributed by atoms with Crippen LogP contribution in [0.2, 0.25) is 0 Å². The molecule has 0 fully saturated rings. The van der Waals surface area contributed by atoms with Gasteiger partial charge < -0.3 is 10.1 Å². The summed E-state index contributed by atoms with van der Waals surface area (Å²) in [5, 5.41) is 12.0. The molecule has 1 aromatic heterocycles. The number of nitrogens with zero attached hydrogens (tertiary/aromatic N) is 3. The number of aromatic nitrogens is 3. The molecule has 7 heteroatoms. The summed E-state index contributed by atoms with van der Waals surface area (Å²) >= 11 is 1.38. The minimum Gasteiger partial charge on any atom is -0.497 e. The van der Waals surface area contributed by atoms with Gasteiger partial charge in [0.15, 0.2) is 5.16 Å². The van der Waals surface area contributed by atoms with Crippen molar-refractivity contribution in [2.75, 3.05) is 19.4 Å². The van der Waals surface area contributed by atoms with E-state index in [2.05, 4.69) is 15.5 Å². The van der Waals surface area contributed by atoms with Gasteiger partial charge in [-0.15, -0.1) is 10.2 Å². The Morgan fingerprint density at radius 2 is 1.85 bits per heavy atom. The Kier molecular flexibility index (Phi) is 6.49. The summed E-state index contributed by atoms with van der Waals surface area (Å²) < 4.78 is 7.10. The molecule has 3 rings (SSSR count). The van der Waals surface area contributed by atoms with Crippen LogP contribution in [0.1, 0.15) is 11.4 Å². The van der Waals surface area contributed by atoms with Gasteiger partial charge in [-0.2, -0.15) is 0 Å². The number of benzene rings is 2. The fourth-order valence-corrected chi connectivity index (χ4v) is 3.46. The molecular weight excluding hydrogens is 360 g/mol. The van der Waals surface area contributed by atoms with Crippen molar-refractivity contribution in [1.29, 1.82) is 0 Å². The van der Waals surface area contributed by atoms with Crippen molar-refractivity contribution in [3.63, 3.8) is 0 Å². The van der Waals surface area contributed by atoms with Gasteiger partial charge in [0.1, 0.15) is 11.6 Å². The standard InChI is InChI=1S/C20H22N4O2S/c1-15-22-23-20(24(15)17-6-4-3-5-7-17)27-14-19(25)21-13-12-16-8-10-18(26-2)11-9-16/h3-11H,12-14H2,1-2H3,(H,21,25). The second-order valence-corrected chi connectivity index (χ2v) is 6.88. The summed E-state index contributed by atoms with van der Waals surface area (Å²) in [7, 11) is 1.65. The first-order chi connectivity index (χ1) is 13.2. The molecule has 1 amide bonds. The van der Waals surface area contributed by atoms with E-state index in [0.29, 0.717) is 17.5 Å². The van der Waals surface area contributed by atoms with E-state index in [1.807, 2.05) is 66.1 Å². The Labute approximate surface area is 163 Å². The van der Waals surface area contributed by atoms with Crippen LogP contribution in [0.15, 0.2) is 59.8 Å². The third kappa shape index (κ3) is 5.10. The second-order valence-electron chi connectivity index (χ2n) is 5.94. The van der Waals surface area contributed by atoms with E-state index < -0.39 is 0 Å². The van der Waals surface area contributed by atoms with Crippen LogP contribution in [-0.2, 0) is 11.2 Å². The lowest BCUT2D eigenvalue weighted by molar-refractivity contribution is -0.118. The summed E-state index contributed by atoms with van der Waals surface area (Å²) in [6.07, 6.45) is 0.777. The molecule has 1 N–H and O–H groups in total. The zero-order chi connectivity index (χ0) is 19.1. The molecular formula is C20H22N4O2S. The maximum atomic E-state index is 12.2. The van der Waals surface area contributed by atoms with E-state index in [9.17, 15) is 4.79 Å². The number of aryl methyl sites for hydroxylation is 1. The minimum absolute atomic E-state index is 0.0197. The predicted molar refractivity (Wildman–Crippen MR) is 107 cm³/mol. The molecule has 0 aliphatic carbocycles. The molecule has 0 aliphatic rings. The Morgan fingerprint density at radius 3 is 2.56 bits per heavy atom. The summed E-state index contributed by atoms with van der Waals surface area (Å²) in [5.74, 6) is 1.91. The predicted octanol–water partition coefficient (Wildman–Crippen LogP) is 3.04. The molecule has 2 aromatic carbocycles. The number of hydrogen-bond acceptors (Lipinski definition) is 5. The Balaban J connectivity index is 1.49. The van der Waals surface area contributed by atoms with Crippen LogP contribution in [-0.4, -0.2) is 40.1 Å². The lowest BCUT2D eigenvalue weighted by Crippen LogP contribution is -2.27. The van der Waals surface area contributed by atoms with Gasteiger partial charge in [-0.3, -0.25) is 9.36 Å². The number of thioether (sulfide) groups is 1. The molecule has 0 saturated heterocycles. The van der Waals surface area contributed by atoms with Crippen molar-refractivity contribution in [3.8, 4) is 11.4 Å². The largest absolute Gasteiger partial charge is 0.497 e. The van der Waals surface area contributed by atoms with Crippen molar-refractivity contribution in [1.82, 2.24) is 20.1 Å². The number of amides is 1. The number of carbonyl (C=O) groups is 1. The average Bonchev–Trinajstić information content (AvgIpc) is 3.08. The number of rotatable bonds is 8. The summed E-state index contributed by atoms with van der Waals surface area (Å²) in [6.45, 7) is 2.50. The van der Waals surface area contributed by atoms with E-state index in [0.717, 1.165) is 29.2 Å². The topological polar surface area (TPSA) is 69.0 Å². The lowest BCUT2D eigenvalue weighted by atomic mass is 10.1. The summed E-state index contributed by atoms with van der Waals surface area (Å²) in [4.78, 5) is 12.2. The maximum Gasteiger partial charge on any atom is 0.230 e. The van der Waals surface area contributed by atoms with Crippen molar-refractivity contribution in [2.24, 2.45) is 0 Å². The number of hydrogen-bond donors (Lipinski definition) is 1. The molecule has 0 radical (unpaired) electrons. The van der Waals surface area contributed by atoms with Gasteiger partial charge in [0.05, 0.1) is 12.9 Å². The van der Waals surface area contributed by atoms with Crippen LogP contribution in [0.4, 0.5) is 0 Å². The normalized spacial score (nSPS) is 10.6. The molecule has 0 atom stereocenters. The van der Waals surface area contributed by atoms with Crippen molar-refractivity contribution in [3.05, 3.63) is 66.0 Å². The highest BCUT2D eigenvalue weighted by atomic mass is 32.2. The third-order valence-corrected chi connectivity index (χ3v) is 4.97. The lowest BCUT2D eigenvalue weighted by Gasteiger charge is -2.08. The highest BCUT2D eigenvalue weighted by Crippen LogP contribution is 2.21. The fraction of sp³-hybridized carbons (Fsp3) is 0.250. The van der Waals surface area contributed by atoms with Gasteiger partial charge in [0.2, 0.25) is 5.91 Å². The molecule has 0 aliphatic heterocycles. The van der Waals surface area contributed by atoms with Gasteiger partial charge in [0.25, 0.3) is 0 Å². The van der Waals surface area contributed by atoms with Crippen molar-refractivity contribution < 1.29 is 9.53 Å². The number of carbonyl (C=O) groups excluding carboxylic acids is 1. The van der Waals surface area contributed by atoms with E-state index in [1.54, 1.807) is 7.11 Å². The quantitative estimate of drug-likeness (QED) is 0.607. The van der Waals surface area contributed by atoms with Crippen molar-refractivity contribution in [2.45, 2.75) is 18.5 Å². The number of ether oxygens (including phenoxy) is 1. The number of nitrogens with one attached hydrogen (secondary N) is 1. The second kappa shape index (κ2) is 9.23. The van der Waals surface area contributed by atoms with Crippen LogP contribution >= 0.6 is 11.8 Å². The molecule has 0 saturated carbocycles. The first-order valence-electron chi connectivity index (χ1n) is 8.67. The Hall–Kier alpha value is -2.80. The van der Waals surface area contributed by atoms with Crippen LogP contribution in [0.3, 0.4) is 0 Å². The van der Waals surface area contributed by atoms with E-state index in [-0.39, 0.29) is 5.91 Å². The smallest absolute Gasteiger partial charge is 0.230 e. The van der Waals surface area contributed by atoms with Gasteiger partial charge in [0, 0.05) is 12.2 Å². The molecule has 27 heavy (non-hydrogen) atoms. The van der Waals surface area contributed by atoms with E-state index in [4.69, 9.17) is 4.74 Å². The monoisotopic (exact) mass is 382 g/mol. The van der Waals surface area contributed by atoms with Crippen LogP contribution < -0.4 is 10.1 Å². The molecule has 0 spiro atoms. The molecule has 3 aromatic rings. The highest BCUT2D eigenvalue weighted by Gasteiger charge is 2.13. The van der Waals surface area contributed by atoms with Gasteiger partial charge in [-0.1, -0.05) is 42.1 Å². The summed E-state index contributed by atoms with van der Waals surface area (Å²) in [5.41, 5.74) is 2.14. The zero-order valence-electron chi connectivity index (χ0n) is 15.4. The van der Waals surface area contributed by atoms with E-state index in [1.165, 1.54) is 11.8 Å². The first kappa shape index (κ1) is 19.0. The van der Waals surface area contributed by atoms with Crippen LogP contribution in [0.5, 0.6) is 5.75 Å². The molecule has 6 nitrogen and oxygen atoms in total. The minimum atomic E-state index is -0.0197. The average molecular weight is 382 g/mol. The highest BCUT2D eigenvalue weighted by molar-refractivity contribution is 7.99. The van der Waals surface area contributed by atoms with Gasteiger partial charge in [-0.05, 0) is 43.2 Å².